The second-order valence-electron chi connectivity index (χ2n) is 7.11. The fourth-order valence-corrected chi connectivity index (χ4v) is 4.81. The molecule has 0 radical (unpaired) electrons. The molecule has 0 spiro atoms. The fourth-order valence-electron chi connectivity index (χ4n) is 3.25. The van der Waals surface area contributed by atoms with Gasteiger partial charge in [0, 0.05) is 25.0 Å². The molecule has 1 aliphatic heterocycles. The van der Waals surface area contributed by atoms with E-state index in [9.17, 15) is 13.2 Å². The summed E-state index contributed by atoms with van der Waals surface area (Å²) >= 11 is 0. The highest BCUT2D eigenvalue weighted by Gasteiger charge is 2.31. The Bertz CT molecular complexity index is 662. The molecule has 0 unspecified atom stereocenters. The number of hydrogen-bond donors (Lipinski definition) is 1. The minimum atomic E-state index is -3.33. The van der Waals surface area contributed by atoms with Crippen LogP contribution >= 0.6 is 0 Å². The molecule has 1 aliphatic rings. The van der Waals surface area contributed by atoms with Crippen LogP contribution in [0.25, 0.3) is 0 Å². The number of sulfonamides is 1. The molecule has 1 aromatic rings. The van der Waals surface area contributed by atoms with Crippen LogP contribution in [-0.2, 0) is 20.6 Å². The number of piperidine rings is 1. The maximum Gasteiger partial charge on any atom is 0.223 e. The van der Waals surface area contributed by atoms with Gasteiger partial charge in [-0.3, -0.25) is 4.79 Å². The molecule has 140 valence electrons. The van der Waals surface area contributed by atoms with Gasteiger partial charge in [-0.15, -0.1) is 0 Å². The van der Waals surface area contributed by atoms with Gasteiger partial charge < -0.3 is 5.32 Å². The first-order valence-corrected chi connectivity index (χ1v) is 10.8. The summed E-state index contributed by atoms with van der Waals surface area (Å²) in [7, 11) is -3.33. The zero-order valence-electron chi connectivity index (χ0n) is 15.5. The quantitative estimate of drug-likeness (QED) is 0.807. The van der Waals surface area contributed by atoms with E-state index < -0.39 is 10.0 Å². The molecule has 6 heteroatoms. The normalized spacial score (nSPS) is 18.0. The van der Waals surface area contributed by atoms with Crippen LogP contribution in [-0.4, -0.2) is 37.8 Å². The monoisotopic (exact) mass is 366 g/mol. The molecular formula is C19H30N2O3S. The van der Waals surface area contributed by atoms with E-state index in [1.54, 1.807) is 0 Å². The molecule has 1 aromatic carbocycles. The van der Waals surface area contributed by atoms with Crippen molar-refractivity contribution in [2.24, 2.45) is 5.92 Å². The van der Waals surface area contributed by atoms with E-state index in [2.05, 4.69) is 12.2 Å². The van der Waals surface area contributed by atoms with Crippen molar-refractivity contribution in [2.45, 2.75) is 58.2 Å². The van der Waals surface area contributed by atoms with E-state index in [0.29, 0.717) is 25.9 Å². The number of benzene rings is 1. The molecule has 1 saturated heterocycles. The van der Waals surface area contributed by atoms with Gasteiger partial charge in [-0.25, -0.2) is 12.7 Å². The summed E-state index contributed by atoms with van der Waals surface area (Å²) in [6.45, 7) is 6.95. The summed E-state index contributed by atoms with van der Waals surface area (Å²) in [6.07, 6.45) is 3.20. The summed E-state index contributed by atoms with van der Waals surface area (Å²) in [5.74, 6) is 0.0131. The average molecular weight is 367 g/mol. The highest BCUT2D eigenvalue weighted by Crippen LogP contribution is 2.22. The molecule has 2 rings (SSSR count). The SMILES string of the molecule is CCC[C@@H](C)NC(=O)C1CCN(S(=O)(=O)Cc2ccc(C)cc2)CC1. The number of nitrogens with zero attached hydrogens (tertiary/aromatic N) is 1. The van der Waals surface area contributed by atoms with E-state index in [1.165, 1.54) is 4.31 Å². The Balaban J connectivity index is 1.88. The number of nitrogens with one attached hydrogen (secondary N) is 1. The van der Waals surface area contributed by atoms with Crippen molar-refractivity contribution in [2.75, 3.05) is 13.1 Å². The summed E-state index contributed by atoms with van der Waals surface area (Å²) < 4.78 is 26.7. The van der Waals surface area contributed by atoms with Crippen molar-refractivity contribution in [3.05, 3.63) is 35.4 Å². The third kappa shape index (κ3) is 5.82. The third-order valence-electron chi connectivity index (χ3n) is 4.80. The number of amides is 1. The molecule has 1 fully saturated rings. The molecule has 1 heterocycles. The smallest absolute Gasteiger partial charge is 0.223 e. The molecule has 1 amide bonds. The Labute approximate surface area is 151 Å². The number of rotatable bonds is 7. The van der Waals surface area contributed by atoms with Crippen LogP contribution in [0.15, 0.2) is 24.3 Å². The number of aryl methyl sites for hydroxylation is 1. The van der Waals surface area contributed by atoms with Crippen LogP contribution < -0.4 is 5.32 Å². The van der Waals surface area contributed by atoms with E-state index in [1.807, 2.05) is 38.1 Å². The van der Waals surface area contributed by atoms with Gasteiger partial charge in [0.2, 0.25) is 15.9 Å². The molecule has 1 N–H and O–H groups in total. The van der Waals surface area contributed by atoms with Crippen LogP contribution in [0.5, 0.6) is 0 Å². The van der Waals surface area contributed by atoms with Gasteiger partial charge in [-0.1, -0.05) is 43.2 Å². The van der Waals surface area contributed by atoms with Crippen molar-refractivity contribution >= 4 is 15.9 Å². The lowest BCUT2D eigenvalue weighted by Crippen LogP contribution is -2.45. The van der Waals surface area contributed by atoms with Gasteiger partial charge in [0.25, 0.3) is 0 Å². The molecule has 0 aliphatic carbocycles. The predicted octanol–water partition coefficient (Wildman–Crippen LogP) is 2.84. The lowest BCUT2D eigenvalue weighted by Gasteiger charge is -2.31. The maximum absolute atomic E-state index is 12.6. The highest BCUT2D eigenvalue weighted by atomic mass is 32.2. The van der Waals surface area contributed by atoms with Crippen molar-refractivity contribution in [3.63, 3.8) is 0 Å². The lowest BCUT2D eigenvalue weighted by atomic mass is 9.96. The molecule has 0 aromatic heterocycles. The molecular weight excluding hydrogens is 336 g/mol. The van der Waals surface area contributed by atoms with Crippen LogP contribution in [0.3, 0.4) is 0 Å². The average Bonchev–Trinajstić information content (AvgIpc) is 2.57. The first kappa shape index (κ1) is 19.9. The van der Waals surface area contributed by atoms with Gasteiger partial charge in [-0.05, 0) is 38.7 Å². The van der Waals surface area contributed by atoms with E-state index in [0.717, 1.165) is 24.0 Å². The lowest BCUT2D eigenvalue weighted by molar-refractivity contribution is -0.126. The molecule has 0 bridgehead atoms. The molecule has 5 nitrogen and oxygen atoms in total. The fraction of sp³-hybridized carbons (Fsp3) is 0.632. The Morgan fingerprint density at radius 1 is 1.24 bits per heavy atom. The summed E-state index contributed by atoms with van der Waals surface area (Å²) in [5.41, 5.74) is 1.92. The predicted molar refractivity (Wildman–Crippen MR) is 101 cm³/mol. The van der Waals surface area contributed by atoms with E-state index in [-0.39, 0.29) is 23.6 Å². The van der Waals surface area contributed by atoms with Crippen molar-refractivity contribution in [1.82, 2.24) is 9.62 Å². The van der Waals surface area contributed by atoms with Gasteiger partial charge in [0.1, 0.15) is 0 Å². The summed E-state index contributed by atoms with van der Waals surface area (Å²) in [5, 5.41) is 3.04. The topological polar surface area (TPSA) is 66.5 Å². The minimum Gasteiger partial charge on any atom is -0.353 e. The second kappa shape index (κ2) is 8.81. The van der Waals surface area contributed by atoms with Gasteiger partial charge in [-0.2, -0.15) is 0 Å². The Kier molecular flexibility index (Phi) is 7.02. The Morgan fingerprint density at radius 2 is 1.84 bits per heavy atom. The van der Waals surface area contributed by atoms with Crippen LogP contribution in [0.2, 0.25) is 0 Å². The largest absolute Gasteiger partial charge is 0.353 e. The third-order valence-corrected chi connectivity index (χ3v) is 6.65. The van der Waals surface area contributed by atoms with Crippen molar-refractivity contribution in [3.8, 4) is 0 Å². The number of carbonyl (C=O) groups is 1. The molecule has 25 heavy (non-hydrogen) atoms. The second-order valence-corrected chi connectivity index (χ2v) is 9.08. The van der Waals surface area contributed by atoms with Crippen molar-refractivity contribution < 1.29 is 13.2 Å². The number of carbonyl (C=O) groups excluding carboxylic acids is 1. The summed E-state index contributed by atoms with van der Waals surface area (Å²) in [4.78, 5) is 12.3. The first-order valence-electron chi connectivity index (χ1n) is 9.15. The zero-order chi connectivity index (χ0) is 18.4. The Hall–Kier alpha value is -1.40. The minimum absolute atomic E-state index is 0.0255. The zero-order valence-corrected chi connectivity index (χ0v) is 16.3. The summed E-state index contributed by atoms with van der Waals surface area (Å²) in [6, 6.07) is 7.77. The van der Waals surface area contributed by atoms with Crippen LogP contribution in [0, 0.1) is 12.8 Å². The van der Waals surface area contributed by atoms with Crippen molar-refractivity contribution in [1.29, 1.82) is 0 Å². The number of hydrogen-bond acceptors (Lipinski definition) is 3. The maximum atomic E-state index is 12.6. The first-order chi connectivity index (χ1) is 11.8. The molecule has 0 saturated carbocycles. The standard InChI is InChI=1S/C19H30N2O3S/c1-4-5-16(3)20-19(22)18-10-12-21(13-11-18)25(23,24)14-17-8-6-15(2)7-9-17/h6-9,16,18H,4-5,10-14H2,1-3H3,(H,20,22)/t16-/m1/s1. The van der Waals surface area contributed by atoms with Gasteiger partial charge in [0.15, 0.2) is 0 Å². The van der Waals surface area contributed by atoms with Crippen LogP contribution in [0.1, 0.15) is 50.7 Å². The van der Waals surface area contributed by atoms with E-state index in [4.69, 9.17) is 0 Å². The van der Waals surface area contributed by atoms with Gasteiger partial charge in [0.05, 0.1) is 5.75 Å². The highest BCUT2D eigenvalue weighted by molar-refractivity contribution is 7.88. The van der Waals surface area contributed by atoms with E-state index >= 15 is 0 Å². The molecule has 1 atom stereocenters. The van der Waals surface area contributed by atoms with Crippen LogP contribution in [0.4, 0.5) is 0 Å². The Morgan fingerprint density at radius 3 is 2.40 bits per heavy atom. The van der Waals surface area contributed by atoms with Gasteiger partial charge >= 0.3 is 0 Å².